The van der Waals surface area contributed by atoms with Crippen LogP contribution in [0.25, 0.3) is 56.2 Å². The van der Waals surface area contributed by atoms with Gasteiger partial charge in [0.25, 0.3) is 0 Å². The molecule has 0 saturated heterocycles. The summed E-state index contributed by atoms with van der Waals surface area (Å²) in [6.07, 6.45) is 1.02. The van der Waals surface area contributed by atoms with Crippen LogP contribution >= 0.6 is 0 Å². The average molecular weight is 513 g/mol. The molecule has 0 N–H and O–H groups in total. The lowest BCUT2D eigenvalue weighted by molar-refractivity contribution is 0.479. The summed E-state index contributed by atoms with van der Waals surface area (Å²) in [5.74, 6) is 4.15. The van der Waals surface area contributed by atoms with Gasteiger partial charge in [0.1, 0.15) is 34.1 Å². The Balaban J connectivity index is 1.66. The van der Waals surface area contributed by atoms with Crippen LogP contribution in [-0.4, -0.2) is 9.97 Å². The lowest BCUT2D eigenvalue weighted by Crippen LogP contribution is -1.98. The normalized spacial score (nSPS) is 12.3. The molecule has 0 radical (unpaired) electrons. The maximum absolute atomic E-state index is 6.38. The Labute approximate surface area is 229 Å². The third kappa shape index (κ3) is 4.67. The van der Waals surface area contributed by atoms with Crippen molar-refractivity contribution in [3.8, 4) is 45.2 Å². The van der Waals surface area contributed by atoms with Crippen molar-refractivity contribution < 1.29 is 8.83 Å². The van der Waals surface area contributed by atoms with Crippen LogP contribution in [0.5, 0.6) is 0 Å². The van der Waals surface area contributed by atoms with Gasteiger partial charge < -0.3 is 8.83 Å². The van der Waals surface area contributed by atoms with Crippen molar-refractivity contribution in [3.63, 3.8) is 0 Å². The van der Waals surface area contributed by atoms with E-state index in [0.29, 0.717) is 11.8 Å². The molecule has 0 fully saturated rings. The summed E-state index contributed by atoms with van der Waals surface area (Å²) in [4.78, 5) is 10.7. The fourth-order valence-electron chi connectivity index (χ4n) is 4.90. The second-order valence-electron chi connectivity index (χ2n) is 10.4. The van der Waals surface area contributed by atoms with Crippen LogP contribution in [0, 0.1) is 0 Å². The molecule has 0 spiro atoms. The van der Waals surface area contributed by atoms with Gasteiger partial charge in [0, 0.05) is 34.1 Å². The van der Waals surface area contributed by atoms with Gasteiger partial charge in [0.05, 0.1) is 11.4 Å². The number of rotatable bonds is 7. The molecule has 6 aromatic rings. The minimum absolute atomic E-state index is 0.294. The highest BCUT2D eigenvalue weighted by molar-refractivity contribution is 6.01. The molecular weight excluding hydrogens is 480 g/mol. The first-order valence-electron chi connectivity index (χ1n) is 13.7. The van der Waals surface area contributed by atoms with E-state index in [1.165, 1.54) is 0 Å². The first-order valence-corrected chi connectivity index (χ1v) is 13.7. The zero-order chi connectivity index (χ0) is 26.9. The zero-order valence-corrected chi connectivity index (χ0v) is 22.8. The van der Waals surface area contributed by atoms with Crippen molar-refractivity contribution in [1.82, 2.24) is 9.97 Å². The maximum Gasteiger partial charge on any atom is 0.136 e. The number of hydrogen-bond acceptors (Lipinski definition) is 4. The third-order valence-corrected chi connectivity index (χ3v) is 7.37. The number of nitrogens with zero attached hydrogens (tertiary/aromatic N) is 2. The SMILES string of the molecule is CCC(C)c1ccc(-c2ccc(-c3ccc(C(C)C)o3)c3nc(-c4ccccc4)c(-c4ccccc4)nc23)o1. The second-order valence-corrected chi connectivity index (χ2v) is 10.4. The van der Waals surface area contributed by atoms with Crippen LogP contribution in [0.2, 0.25) is 0 Å². The summed E-state index contributed by atoms with van der Waals surface area (Å²) < 4.78 is 12.7. The molecule has 0 saturated carbocycles. The van der Waals surface area contributed by atoms with Crippen molar-refractivity contribution in [1.29, 1.82) is 0 Å². The molecule has 1 atom stereocenters. The summed E-state index contributed by atoms with van der Waals surface area (Å²) in [6.45, 7) is 8.63. The predicted octanol–water partition coefficient (Wildman–Crippen LogP) is 10.1. The highest BCUT2D eigenvalue weighted by atomic mass is 16.3. The average Bonchev–Trinajstić information content (AvgIpc) is 3.67. The lowest BCUT2D eigenvalue weighted by atomic mass is 10.00. The Morgan fingerprint density at radius 3 is 1.46 bits per heavy atom. The Bertz CT molecular complexity index is 1730. The highest BCUT2D eigenvalue weighted by Gasteiger charge is 2.22. The zero-order valence-electron chi connectivity index (χ0n) is 22.8. The second kappa shape index (κ2) is 10.4. The van der Waals surface area contributed by atoms with Crippen molar-refractivity contribution in [2.24, 2.45) is 0 Å². The summed E-state index contributed by atoms with van der Waals surface area (Å²) in [5.41, 5.74) is 7.12. The van der Waals surface area contributed by atoms with Gasteiger partial charge in [-0.25, -0.2) is 9.97 Å². The molecule has 39 heavy (non-hydrogen) atoms. The minimum Gasteiger partial charge on any atom is -0.461 e. The molecule has 0 amide bonds. The highest BCUT2D eigenvalue weighted by Crippen LogP contribution is 2.40. The third-order valence-electron chi connectivity index (χ3n) is 7.37. The van der Waals surface area contributed by atoms with E-state index in [2.05, 4.69) is 82.3 Å². The predicted molar refractivity (Wildman–Crippen MR) is 159 cm³/mol. The molecular formula is C35H32N2O2. The maximum atomic E-state index is 6.38. The van der Waals surface area contributed by atoms with Crippen LogP contribution in [0.1, 0.15) is 57.5 Å². The van der Waals surface area contributed by atoms with Crippen molar-refractivity contribution in [2.75, 3.05) is 0 Å². The van der Waals surface area contributed by atoms with E-state index in [1.54, 1.807) is 0 Å². The first kappa shape index (κ1) is 24.9. The first-order chi connectivity index (χ1) is 19.0. The Morgan fingerprint density at radius 2 is 1.03 bits per heavy atom. The summed E-state index contributed by atoms with van der Waals surface area (Å²) in [6, 6.07) is 32.9. The van der Waals surface area contributed by atoms with Gasteiger partial charge >= 0.3 is 0 Å². The van der Waals surface area contributed by atoms with E-state index < -0.39 is 0 Å². The summed E-state index contributed by atoms with van der Waals surface area (Å²) in [7, 11) is 0. The summed E-state index contributed by atoms with van der Waals surface area (Å²) >= 11 is 0. The molecule has 0 aliphatic rings. The molecule has 4 heteroatoms. The van der Waals surface area contributed by atoms with Crippen molar-refractivity contribution >= 4 is 11.0 Å². The number of aromatic nitrogens is 2. The standard InChI is InChI=1S/C35H32N2O2/c1-5-23(4)29-19-21-31(39-29)27-17-16-26(30-20-18-28(38-30)22(2)3)34-35(27)37-33(25-14-10-7-11-15-25)32(36-34)24-12-8-6-9-13-24/h6-23H,5H2,1-4H3. The Kier molecular flexibility index (Phi) is 6.62. The monoisotopic (exact) mass is 512 g/mol. The van der Waals surface area contributed by atoms with Crippen LogP contribution in [-0.2, 0) is 0 Å². The summed E-state index contributed by atoms with van der Waals surface area (Å²) in [5, 5.41) is 0. The van der Waals surface area contributed by atoms with E-state index in [-0.39, 0.29) is 0 Å². The van der Waals surface area contributed by atoms with Crippen LogP contribution in [0.3, 0.4) is 0 Å². The van der Waals surface area contributed by atoms with Gasteiger partial charge in [-0.1, -0.05) is 88.4 Å². The van der Waals surface area contributed by atoms with Gasteiger partial charge in [-0.15, -0.1) is 0 Å². The number of benzene rings is 3. The largest absolute Gasteiger partial charge is 0.461 e. The van der Waals surface area contributed by atoms with Crippen LogP contribution in [0.4, 0.5) is 0 Å². The lowest BCUT2D eigenvalue weighted by Gasteiger charge is -2.14. The van der Waals surface area contributed by atoms with Crippen molar-refractivity contribution in [2.45, 2.75) is 46.0 Å². The smallest absolute Gasteiger partial charge is 0.136 e. The van der Waals surface area contributed by atoms with E-state index in [4.69, 9.17) is 18.8 Å². The fourth-order valence-corrected chi connectivity index (χ4v) is 4.90. The van der Waals surface area contributed by atoms with Gasteiger partial charge in [0.15, 0.2) is 0 Å². The molecule has 0 bridgehead atoms. The van der Waals surface area contributed by atoms with Gasteiger partial charge in [0.2, 0.25) is 0 Å². The minimum atomic E-state index is 0.294. The Hall–Kier alpha value is -4.44. The van der Waals surface area contributed by atoms with Crippen LogP contribution < -0.4 is 0 Å². The molecule has 4 nitrogen and oxygen atoms in total. The topological polar surface area (TPSA) is 52.1 Å². The number of furan rings is 2. The molecule has 3 aromatic carbocycles. The number of hydrogen-bond donors (Lipinski definition) is 0. The number of fused-ring (bicyclic) bond motifs is 1. The molecule has 0 aliphatic heterocycles. The van der Waals surface area contributed by atoms with E-state index in [0.717, 1.165) is 74.1 Å². The van der Waals surface area contributed by atoms with Crippen molar-refractivity contribution in [3.05, 3.63) is 109 Å². The van der Waals surface area contributed by atoms with Gasteiger partial charge in [-0.05, 0) is 42.8 Å². The molecule has 3 aromatic heterocycles. The quantitative estimate of drug-likeness (QED) is 0.213. The van der Waals surface area contributed by atoms with Crippen LogP contribution in [0.15, 0.2) is 106 Å². The van der Waals surface area contributed by atoms with E-state index in [1.807, 2.05) is 42.5 Å². The fraction of sp³-hybridized carbons (Fsp3) is 0.200. The molecule has 6 rings (SSSR count). The molecule has 3 heterocycles. The van der Waals surface area contributed by atoms with E-state index >= 15 is 0 Å². The molecule has 0 aliphatic carbocycles. The van der Waals surface area contributed by atoms with E-state index in [9.17, 15) is 0 Å². The van der Waals surface area contributed by atoms with Gasteiger partial charge in [-0.3, -0.25) is 0 Å². The molecule has 194 valence electrons. The van der Waals surface area contributed by atoms with Gasteiger partial charge in [-0.2, -0.15) is 0 Å². The molecule has 1 unspecified atom stereocenters. The Morgan fingerprint density at radius 1 is 0.564 bits per heavy atom.